The maximum absolute atomic E-state index is 4.15. The van der Waals surface area contributed by atoms with Crippen molar-refractivity contribution in [2.45, 2.75) is 39.2 Å². The molecule has 0 aliphatic carbocycles. The molecule has 3 heteroatoms. The van der Waals surface area contributed by atoms with Gasteiger partial charge in [-0.3, -0.25) is 0 Å². The molecule has 0 aromatic carbocycles. The Bertz CT molecular complexity index is 264. The molecule has 0 bridgehead atoms. The summed E-state index contributed by atoms with van der Waals surface area (Å²) in [6.45, 7) is 5.35. The Balaban J connectivity index is 2.46. The zero-order valence-corrected chi connectivity index (χ0v) is 7.04. The normalized spacial score (nSPS) is 23.3. The lowest BCUT2D eigenvalue weighted by molar-refractivity contribution is 0.458. The summed E-state index contributed by atoms with van der Waals surface area (Å²) in [5, 5.41) is 8.21. The number of aromatic nitrogens is 3. The SMILES string of the molecule is Cc1nnc2n1CCCC2C. The van der Waals surface area contributed by atoms with Gasteiger partial charge < -0.3 is 4.57 Å². The summed E-state index contributed by atoms with van der Waals surface area (Å²) in [6, 6.07) is 0. The van der Waals surface area contributed by atoms with Crippen molar-refractivity contribution < 1.29 is 0 Å². The topological polar surface area (TPSA) is 30.7 Å². The second kappa shape index (κ2) is 2.32. The lowest BCUT2D eigenvalue weighted by atomic mass is 10.0. The minimum Gasteiger partial charge on any atom is -0.315 e. The third kappa shape index (κ3) is 0.951. The van der Waals surface area contributed by atoms with E-state index in [9.17, 15) is 0 Å². The van der Waals surface area contributed by atoms with Crippen LogP contribution in [0.25, 0.3) is 0 Å². The molecule has 1 aromatic rings. The van der Waals surface area contributed by atoms with E-state index in [0.29, 0.717) is 5.92 Å². The van der Waals surface area contributed by atoms with E-state index in [4.69, 9.17) is 0 Å². The minimum absolute atomic E-state index is 0.602. The fourth-order valence-corrected chi connectivity index (χ4v) is 1.72. The van der Waals surface area contributed by atoms with Gasteiger partial charge in [0.2, 0.25) is 0 Å². The zero-order chi connectivity index (χ0) is 7.84. The van der Waals surface area contributed by atoms with Crippen LogP contribution >= 0.6 is 0 Å². The van der Waals surface area contributed by atoms with Crippen LogP contribution in [-0.4, -0.2) is 14.8 Å². The van der Waals surface area contributed by atoms with Gasteiger partial charge in [0, 0.05) is 12.5 Å². The van der Waals surface area contributed by atoms with Crippen molar-refractivity contribution in [3.05, 3.63) is 11.6 Å². The molecule has 3 nitrogen and oxygen atoms in total. The molecule has 0 amide bonds. The van der Waals surface area contributed by atoms with Crippen LogP contribution in [0.1, 0.15) is 37.3 Å². The number of fused-ring (bicyclic) bond motifs is 1. The Morgan fingerprint density at radius 1 is 1.45 bits per heavy atom. The van der Waals surface area contributed by atoms with E-state index in [-0.39, 0.29) is 0 Å². The van der Waals surface area contributed by atoms with Crippen LogP contribution in [0.3, 0.4) is 0 Å². The summed E-state index contributed by atoms with van der Waals surface area (Å²) in [6.07, 6.45) is 2.53. The van der Waals surface area contributed by atoms with Crippen molar-refractivity contribution in [3.63, 3.8) is 0 Å². The van der Waals surface area contributed by atoms with Gasteiger partial charge in [0.15, 0.2) is 0 Å². The fourth-order valence-electron chi connectivity index (χ4n) is 1.72. The highest BCUT2D eigenvalue weighted by Crippen LogP contribution is 2.24. The molecule has 1 aliphatic rings. The second-order valence-corrected chi connectivity index (χ2v) is 3.30. The summed E-state index contributed by atoms with van der Waals surface area (Å²) in [5.74, 6) is 2.84. The van der Waals surface area contributed by atoms with E-state index in [1.807, 2.05) is 6.92 Å². The lowest BCUT2D eigenvalue weighted by Crippen LogP contribution is -2.14. The van der Waals surface area contributed by atoms with E-state index < -0.39 is 0 Å². The quantitative estimate of drug-likeness (QED) is 0.562. The first-order valence-corrected chi connectivity index (χ1v) is 4.18. The summed E-state index contributed by atoms with van der Waals surface area (Å²) in [4.78, 5) is 0. The molecule has 2 rings (SSSR count). The fraction of sp³-hybridized carbons (Fsp3) is 0.750. The van der Waals surface area contributed by atoms with Gasteiger partial charge in [-0.15, -0.1) is 10.2 Å². The number of aryl methyl sites for hydroxylation is 1. The van der Waals surface area contributed by atoms with E-state index >= 15 is 0 Å². The third-order valence-electron chi connectivity index (χ3n) is 2.42. The highest BCUT2D eigenvalue weighted by molar-refractivity contribution is 5.02. The van der Waals surface area contributed by atoms with Crippen LogP contribution in [0.2, 0.25) is 0 Å². The molecule has 2 heterocycles. The van der Waals surface area contributed by atoms with Crippen molar-refractivity contribution in [3.8, 4) is 0 Å². The van der Waals surface area contributed by atoms with Gasteiger partial charge in [0.05, 0.1) is 0 Å². The zero-order valence-electron chi connectivity index (χ0n) is 7.04. The van der Waals surface area contributed by atoms with Crippen LogP contribution in [-0.2, 0) is 6.54 Å². The molecule has 1 aromatic heterocycles. The second-order valence-electron chi connectivity index (χ2n) is 3.30. The predicted octanol–water partition coefficient (Wildman–Crippen LogP) is 1.48. The van der Waals surface area contributed by atoms with Crippen LogP contribution in [0.15, 0.2) is 0 Å². The summed E-state index contributed by atoms with van der Waals surface area (Å²) in [7, 11) is 0. The van der Waals surface area contributed by atoms with Gasteiger partial charge in [-0.2, -0.15) is 0 Å². The van der Waals surface area contributed by atoms with Crippen molar-refractivity contribution in [2.24, 2.45) is 0 Å². The average Bonchev–Trinajstić information content (AvgIpc) is 2.35. The minimum atomic E-state index is 0.602. The monoisotopic (exact) mass is 151 g/mol. The molecular weight excluding hydrogens is 138 g/mol. The molecule has 11 heavy (non-hydrogen) atoms. The Labute approximate surface area is 66.4 Å². The van der Waals surface area contributed by atoms with Crippen LogP contribution < -0.4 is 0 Å². The van der Waals surface area contributed by atoms with E-state index in [2.05, 4.69) is 21.7 Å². The van der Waals surface area contributed by atoms with Gasteiger partial charge in [0.25, 0.3) is 0 Å². The van der Waals surface area contributed by atoms with Crippen molar-refractivity contribution >= 4 is 0 Å². The van der Waals surface area contributed by atoms with Crippen LogP contribution in [0, 0.1) is 6.92 Å². The van der Waals surface area contributed by atoms with E-state index in [0.717, 1.165) is 12.4 Å². The first-order valence-electron chi connectivity index (χ1n) is 4.18. The molecule has 1 aliphatic heterocycles. The summed E-state index contributed by atoms with van der Waals surface area (Å²) < 4.78 is 2.23. The average molecular weight is 151 g/mol. The van der Waals surface area contributed by atoms with Crippen LogP contribution in [0.5, 0.6) is 0 Å². The number of hydrogen-bond acceptors (Lipinski definition) is 2. The Morgan fingerprint density at radius 3 is 3.00 bits per heavy atom. The molecule has 0 fully saturated rings. The first-order chi connectivity index (χ1) is 5.29. The third-order valence-corrected chi connectivity index (χ3v) is 2.42. The highest BCUT2D eigenvalue weighted by atomic mass is 15.3. The van der Waals surface area contributed by atoms with Crippen LogP contribution in [0.4, 0.5) is 0 Å². The molecule has 1 atom stereocenters. The smallest absolute Gasteiger partial charge is 0.135 e. The standard InChI is InChI=1S/C8H13N3/c1-6-4-3-5-11-7(2)9-10-8(6)11/h6H,3-5H2,1-2H3. The largest absolute Gasteiger partial charge is 0.315 e. The van der Waals surface area contributed by atoms with Crippen molar-refractivity contribution in [2.75, 3.05) is 0 Å². The van der Waals surface area contributed by atoms with Gasteiger partial charge in [-0.25, -0.2) is 0 Å². The summed E-state index contributed by atoms with van der Waals surface area (Å²) >= 11 is 0. The van der Waals surface area contributed by atoms with Crippen molar-refractivity contribution in [1.29, 1.82) is 0 Å². The molecular formula is C8H13N3. The molecule has 1 unspecified atom stereocenters. The summed E-state index contributed by atoms with van der Waals surface area (Å²) in [5.41, 5.74) is 0. The Hall–Kier alpha value is -0.860. The van der Waals surface area contributed by atoms with Gasteiger partial charge >= 0.3 is 0 Å². The predicted molar refractivity (Wildman–Crippen MR) is 42.4 cm³/mol. The van der Waals surface area contributed by atoms with Gasteiger partial charge in [-0.1, -0.05) is 6.92 Å². The van der Waals surface area contributed by atoms with Crippen molar-refractivity contribution in [1.82, 2.24) is 14.8 Å². The molecule has 0 saturated carbocycles. The molecule has 0 radical (unpaired) electrons. The van der Waals surface area contributed by atoms with Gasteiger partial charge in [0.1, 0.15) is 11.6 Å². The maximum Gasteiger partial charge on any atom is 0.135 e. The number of rotatable bonds is 0. The highest BCUT2D eigenvalue weighted by Gasteiger charge is 2.19. The molecule has 0 N–H and O–H groups in total. The first kappa shape index (κ1) is 6.83. The number of nitrogens with zero attached hydrogens (tertiary/aromatic N) is 3. The Kier molecular flexibility index (Phi) is 1.44. The molecule has 0 saturated heterocycles. The van der Waals surface area contributed by atoms with E-state index in [1.165, 1.54) is 18.7 Å². The Morgan fingerprint density at radius 2 is 2.27 bits per heavy atom. The maximum atomic E-state index is 4.15. The van der Waals surface area contributed by atoms with Gasteiger partial charge in [-0.05, 0) is 19.8 Å². The molecule has 60 valence electrons. The lowest BCUT2D eigenvalue weighted by Gasteiger charge is -2.19. The van der Waals surface area contributed by atoms with E-state index in [1.54, 1.807) is 0 Å². The molecule has 0 spiro atoms. The number of hydrogen-bond donors (Lipinski definition) is 0.